The van der Waals surface area contributed by atoms with E-state index in [4.69, 9.17) is 0 Å². The van der Waals surface area contributed by atoms with Gasteiger partial charge in [0.2, 0.25) is 5.91 Å². The van der Waals surface area contributed by atoms with Gasteiger partial charge in [-0.1, -0.05) is 0 Å². The van der Waals surface area contributed by atoms with E-state index in [9.17, 15) is 4.79 Å². The molecule has 4 aliphatic rings. The lowest BCUT2D eigenvalue weighted by atomic mass is 9.88. The van der Waals surface area contributed by atoms with Gasteiger partial charge in [-0.3, -0.25) is 9.89 Å². The number of hydrogen-bond donors (Lipinski definition) is 2. The summed E-state index contributed by atoms with van der Waals surface area (Å²) in [6, 6.07) is 1.05. The number of carbonyl (C=O) groups excluding carboxylic acids is 1. The van der Waals surface area contributed by atoms with Gasteiger partial charge in [0.05, 0.1) is 11.6 Å². The molecule has 5 heteroatoms. The van der Waals surface area contributed by atoms with Crippen molar-refractivity contribution in [1.29, 1.82) is 0 Å². The molecule has 0 unspecified atom stereocenters. The minimum Gasteiger partial charge on any atom is -0.342 e. The third-order valence-electron chi connectivity index (χ3n) is 6.14. The summed E-state index contributed by atoms with van der Waals surface area (Å²) in [5.74, 6) is 1.32. The molecule has 5 nitrogen and oxygen atoms in total. The lowest BCUT2D eigenvalue weighted by Gasteiger charge is -2.27. The van der Waals surface area contributed by atoms with E-state index < -0.39 is 0 Å². The Hall–Kier alpha value is -1.36. The highest BCUT2D eigenvalue weighted by molar-refractivity contribution is 5.80. The Morgan fingerprint density at radius 1 is 1.14 bits per heavy atom. The second-order valence-corrected chi connectivity index (χ2v) is 7.56. The molecular weight excluding hydrogens is 276 g/mol. The number of nitrogens with zero attached hydrogens (tertiary/aromatic N) is 2. The van der Waals surface area contributed by atoms with Gasteiger partial charge in [-0.2, -0.15) is 5.10 Å². The van der Waals surface area contributed by atoms with Crippen molar-refractivity contribution >= 4 is 5.91 Å². The number of hydrogen-bond acceptors (Lipinski definition) is 3. The summed E-state index contributed by atoms with van der Waals surface area (Å²) >= 11 is 0. The maximum Gasteiger partial charge on any atom is 0.227 e. The summed E-state index contributed by atoms with van der Waals surface area (Å²) < 4.78 is 0. The van der Waals surface area contributed by atoms with Crippen LogP contribution in [0.3, 0.4) is 0 Å². The van der Waals surface area contributed by atoms with Crippen LogP contribution in [-0.4, -0.2) is 46.2 Å². The van der Waals surface area contributed by atoms with Crippen LogP contribution < -0.4 is 5.32 Å². The molecule has 1 aromatic rings. The van der Waals surface area contributed by atoms with Gasteiger partial charge in [-0.25, -0.2) is 0 Å². The van der Waals surface area contributed by atoms with Crippen LogP contribution in [0.25, 0.3) is 0 Å². The minimum absolute atomic E-state index is 0.233. The zero-order chi connectivity index (χ0) is 14.7. The van der Waals surface area contributed by atoms with Gasteiger partial charge in [0.15, 0.2) is 0 Å². The van der Waals surface area contributed by atoms with Crippen LogP contribution in [-0.2, 0) is 17.6 Å². The third-order valence-corrected chi connectivity index (χ3v) is 6.14. The predicted molar refractivity (Wildman–Crippen MR) is 82.6 cm³/mol. The standard InChI is InChI=1S/C17H24N4O/c22-17(13-9-11-3-4-14(13)18-11)21-7-5-12-15(6-8-21)19-20-16(12)10-1-2-10/h10-11,13-14,18H,1-9H2,(H,19,20)/t11-,13+,14+/m1/s1. The highest BCUT2D eigenvalue weighted by Crippen LogP contribution is 2.42. The summed E-state index contributed by atoms with van der Waals surface area (Å²) in [4.78, 5) is 15.0. The molecule has 3 fully saturated rings. The van der Waals surface area contributed by atoms with Crippen molar-refractivity contribution in [3.63, 3.8) is 0 Å². The van der Waals surface area contributed by atoms with Crippen molar-refractivity contribution in [2.75, 3.05) is 13.1 Å². The predicted octanol–water partition coefficient (Wildman–Crippen LogP) is 1.35. The molecule has 2 N–H and O–H groups in total. The molecule has 1 amide bonds. The lowest BCUT2D eigenvalue weighted by Crippen LogP contribution is -2.42. The molecule has 1 saturated carbocycles. The highest BCUT2D eigenvalue weighted by Gasteiger charge is 2.44. The lowest BCUT2D eigenvalue weighted by molar-refractivity contribution is -0.136. The van der Waals surface area contributed by atoms with Crippen LogP contribution in [0.4, 0.5) is 0 Å². The number of aromatic amines is 1. The fourth-order valence-electron chi connectivity index (χ4n) is 4.75. The summed E-state index contributed by atoms with van der Waals surface area (Å²) in [5.41, 5.74) is 4.00. The van der Waals surface area contributed by atoms with E-state index in [1.54, 1.807) is 0 Å². The fourth-order valence-corrected chi connectivity index (χ4v) is 4.75. The largest absolute Gasteiger partial charge is 0.342 e. The zero-order valence-corrected chi connectivity index (χ0v) is 13.0. The second-order valence-electron chi connectivity index (χ2n) is 7.56. The van der Waals surface area contributed by atoms with Crippen molar-refractivity contribution in [1.82, 2.24) is 20.4 Å². The quantitative estimate of drug-likeness (QED) is 0.867. The first-order valence-electron chi connectivity index (χ1n) is 8.90. The molecule has 2 bridgehead atoms. The number of rotatable bonds is 2. The number of aromatic nitrogens is 2. The molecule has 1 aliphatic carbocycles. The van der Waals surface area contributed by atoms with Gasteiger partial charge >= 0.3 is 0 Å². The summed E-state index contributed by atoms with van der Waals surface area (Å²) in [6.45, 7) is 1.73. The number of fused-ring (bicyclic) bond motifs is 3. The minimum atomic E-state index is 0.233. The van der Waals surface area contributed by atoms with Crippen molar-refractivity contribution in [3.8, 4) is 0 Å². The van der Waals surface area contributed by atoms with Gasteiger partial charge in [-0.15, -0.1) is 0 Å². The van der Waals surface area contributed by atoms with Crippen LogP contribution in [0.2, 0.25) is 0 Å². The van der Waals surface area contributed by atoms with E-state index in [0.717, 1.165) is 32.4 Å². The molecule has 3 atom stereocenters. The SMILES string of the molecule is O=C([C@H]1C[C@H]2CC[C@@H]1N2)N1CCc2[nH]nc(C3CC3)c2CC1. The van der Waals surface area contributed by atoms with Gasteiger partial charge < -0.3 is 10.2 Å². The van der Waals surface area contributed by atoms with E-state index in [1.807, 2.05) is 0 Å². The molecule has 0 aromatic carbocycles. The van der Waals surface area contributed by atoms with Gasteiger partial charge in [0.1, 0.15) is 0 Å². The maximum atomic E-state index is 12.9. The summed E-state index contributed by atoms with van der Waals surface area (Å²) in [7, 11) is 0. The van der Waals surface area contributed by atoms with Crippen LogP contribution in [0, 0.1) is 5.92 Å². The molecule has 118 valence electrons. The molecule has 4 heterocycles. The average Bonchev–Trinajstić information content (AvgIpc) is 3.05. The molecule has 22 heavy (non-hydrogen) atoms. The monoisotopic (exact) mass is 300 g/mol. The fraction of sp³-hybridized carbons (Fsp3) is 0.765. The van der Waals surface area contributed by atoms with Crippen LogP contribution in [0.1, 0.15) is 55.0 Å². The smallest absolute Gasteiger partial charge is 0.227 e. The van der Waals surface area contributed by atoms with Gasteiger partial charge in [-0.05, 0) is 44.1 Å². The van der Waals surface area contributed by atoms with Crippen molar-refractivity contribution in [2.24, 2.45) is 5.92 Å². The number of carbonyl (C=O) groups is 1. The van der Waals surface area contributed by atoms with Crippen LogP contribution >= 0.6 is 0 Å². The Morgan fingerprint density at radius 3 is 2.73 bits per heavy atom. The van der Waals surface area contributed by atoms with E-state index in [1.165, 1.54) is 42.6 Å². The molecular formula is C17H24N4O. The molecule has 0 radical (unpaired) electrons. The highest BCUT2D eigenvalue weighted by atomic mass is 16.2. The van der Waals surface area contributed by atoms with E-state index in [0.29, 0.717) is 23.9 Å². The Morgan fingerprint density at radius 2 is 2.00 bits per heavy atom. The van der Waals surface area contributed by atoms with Crippen LogP contribution in [0.15, 0.2) is 0 Å². The third kappa shape index (κ3) is 2.02. The molecule has 3 aliphatic heterocycles. The number of H-pyrrole nitrogens is 1. The first-order chi connectivity index (χ1) is 10.8. The first kappa shape index (κ1) is 13.1. The number of amides is 1. The molecule has 2 saturated heterocycles. The van der Waals surface area contributed by atoms with Crippen molar-refractivity contribution < 1.29 is 4.79 Å². The van der Waals surface area contributed by atoms with E-state index in [-0.39, 0.29) is 5.92 Å². The van der Waals surface area contributed by atoms with Crippen molar-refractivity contribution in [2.45, 2.75) is 62.9 Å². The zero-order valence-electron chi connectivity index (χ0n) is 13.0. The maximum absolute atomic E-state index is 12.9. The van der Waals surface area contributed by atoms with Crippen molar-refractivity contribution in [3.05, 3.63) is 17.0 Å². The van der Waals surface area contributed by atoms with Gasteiger partial charge in [0.25, 0.3) is 0 Å². The van der Waals surface area contributed by atoms with Gasteiger partial charge in [0, 0.05) is 43.2 Å². The van der Waals surface area contributed by atoms with E-state index in [2.05, 4.69) is 20.4 Å². The van der Waals surface area contributed by atoms with Crippen LogP contribution in [0.5, 0.6) is 0 Å². The Balaban J connectivity index is 1.31. The van der Waals surface area contributed by atoms with E-state index >= 15 is 0 Å². The normalized spacial score (nSPS) is 33.8. The Labute approximate surface area is 130 Å². The topological polar surface area (TPSA) is 61.0 Å². The Bertz CT molecular complexity index is 606. The number of nitrogens with one attached hydrogen (secondary N) is 2. The molecule has 5 rings (SSSR count). The first-order valence-corrected chi connectivity index (χ1v) is 8.90. The Kier molecular flexibility index (Phi) is 2.87. The summed E-state index contributed by atoms with van der Waals surface area (Å²) in [5, 5.41) is 11.4. The average molecular weight is 300 g/mol. The summed E-state index contributed by atoms with van der Waals surface area (Å²) in [6.07, 6.45) is 8.00. The second kappa shape index (κ2) is 4.82. The molecule has 1 aromatic heterocycles. The molecule has 0 spiro atoms.